The fourth-order valence-electron chi connectivity index (χ4n) is 1.86. The number of aromatic nitrogens is 3. The van der Waals surface area contributed by atoms with Gasteiger partial charge in [0.1, 0.15) is 11.6 Å². The highest BCUT2D eigenvalue weighted by Gasteiger charge is 2.34. The van der Waals surface area contributed by atoms with Crippen molar-refractivity contribution in [3.63, 3.8) is 0 Å². The maximum absolute atomic E-state index is 13.3. The van der Waals surface area contributed by atoms with Crippen LogP contribution in [0.4, 0.5) is 17.6 Å². The van der Waals surface area contributed by atoms with E-state index < -0.39 is 17.6 Å². The maximum Gasteiger partial charge on any atom is 0.419 e. The van der Waals surface area contributed by atoms with E-state index in [4.69, 9.17) is 0 Å². The second-order valence-electron chi connectivity index (χ2n) is 4.01. The lowest BCUT2D eigenvalue weighted by molar-refractivity contribution is -0.139. The number of hydrogen-bond donors (Lipinski definition) is 0. The van der Waals surface area contributed by atoms with E-state index in [1.807, 2.05) is 6.92 Å². The molecule has 2 aromatic rings. The van der Waals surface area contributed by atoms with Gasteiger partial charge in [0.15, 0.2) is 5.82 Å². The van der Waals surface area contributed by atoms with E-state index in [-0.39, 0.29) is 11.4 Å². The molecule has 0 bridgehead atoms. The van der Waals surface area contributed by atoms with Gasteiger partial charge in [-0.25, -0.2) is 4.39 Å². The van der Waals surface area contributed by atoms with E-state index in [1.54, 1.807) is 4.57 Å². The van der Waals surface area contributed by atoms with Crippen LogP contribution >= 0.6 is 15.9 Å². The number of nitrogens with zero attached hydrogens (tertiary/aromatic N) is 3. The summed E-state index contributed by atoms with van der Waals surface area (Å²) in [5.41, 5.74) is -1.12. The molecule has 0 saturated heterocycles. The predicted molar refractivity (Wildman–Crippen MR) is 68.7 cm³/mol. The maximum atomic E-state index is 13.3. The summed E-state index contributed by atoms with van der Waals surface area (Å²) in [7, 11) is 0. The third-order valence-corrected chi connectivity index (χ3v) is 3.29. The molecule has 1 aromatic carbocycles. The molecule has 0 unspecified atom stereocenters. The summed E-state index contributed by atoms with van der Waals surface area (Å²) in [6.07, 6.45) is -4.74. The third-order valence-electron chi connectivity index (χ3n) is 2.79. The standard InChI is InChI=1S/C12H10BrF4N3/c1-2-20-10(6-13)18-19-11(20)7-3-4-9(14)8(5-7)12(15,16)17/h3-5H,2,6H2,1H3. The van der Waals surface area contributed by atoms with Crippen molar-refractivity contribution < 1.29 is 17.6 Å². The summed E-state index contributed by atoms with van der Waals surface area (Å²) in [5, 5.41) is 8.19. The SMILES string of the molecule is CCn1c(CBr)nnc1-c1ccc(F)c(C(F)(F)F)c1. The topological polar surface area (TPSA) is 30.7 Å². The van der Waals surface area contributed by atoms with Gasteiger partial charge in [-0.05, 0) is 25.1 Å². The van der Waals surface area contributed by atoms with Crippen molar-refractivity contribution in [2.24, 2.45) is 0 Å². The Morgan fingerprint density at radius 3 is 2.50 bits per heavy atom. The van der Waals surface area contributed by atoms with Gasteiger partial charge in [-0.1, -0.05) is 15.9 Å². The van der Waals surface area contributed by atoms with Crippen molar-refractivity contribution in [1.82, 2.24) is 14.8 Å². The molecule has 0 aliphatic rings. The van der Waals surface area contributed by atoms with Crippen molar-refractivity contribution in [2.75, 3.05) is 0 Å². The molecule has 108 valence electrons. The first kappa shape index (κ1) is 15.0. The van der Waals surface area contributed by atoms with Crippen LogP contribution in [0.1, 0.15) is 18.3 Å². The van der Waals surface area contributed by atoms with Crippen molar-refractivity contribution in [1.29, 1.82) is 0 Å². The zero-order valence-electron chi connectivity index (χ0n) is 10.4. The second-order valence-corrected chi connectivity index (χ2v) is 4.57. The summed E-state index contributed by atoms with van der Waals surface area (Å²) in [5.74, 6) is -0.419. The Hall–Kier alpha value is -1.44. The van der Waals surface area contributed by atoms with E-state index in [2.05, 4.69) is 26.1 Å². The molecule has 3 nitrogen and oxygen atoms in total. The van der Waals surface area contributed by atoms with Crippen molar-refractivity contribution in [3.8, 4) is 11.4 Å². The van der Waals surface area contributed by atoms with Gasteiger partial charge in [-0.15, -0.1) is 10.2 Å². The number of hydrogen-bond acceptors (Lipinski definition) is 2. The first-order chi connectivity index (χ1) is 9.38. The molecule has 0 fully saturated rings. The Labute approximate surface area is 120 Å². The van der Waals surface area contributed by atoms with Crippen LogP contribution in [0.2, 0.25) is 0 Å². The lowest BCUT2D eigenvalue weighted by atomic mass is 10.1. The van der Waals surface area contributed by atoms with Crippen LogP contribution in [0.3, 0.4) is 0 Å². The molecule has 1 aromatic heterocycles. The van der Waals surface area contributed by atoms with Gasteiger partial charge in [0.05, 0.1) is 10.9 Å². The Morgan fingerprint density at radius 2 is 1.95 bits per heavy atom. The van der Waals surface area contributed by atoms with Gasteiger partial charge in [0.2, 0.25) is 0 Å². The van der Waals surface area contributed by atoms with Crippen molar-refractivity contribution in [2.45, 2.75) is 25.0 Å². The summed E-state index contributed by atoms with van der Waals surface area (Å²) < 4.78 is 53.1. The van der Waals surface area contributed by atoms with E-state index in [9.17, 15) is 17.6 Å². The summed E-state index contributed by atoms with van der Waals surface area (Å²) in [6, 6.07) is 2.81. The molecular weight excluding hydrogens is 342 g/mol. The minimum Gasteiger partial charge on any atom is -0.311 e. The van der Waals surface area contributed by atoms with E-state index in [0.29, 0.717) is 17.7 Å². The average molecular weight is 352 g/mol. The number of rotatable bonds is 3. The zero-order chi connectivity index (χ0) is 14.9. The Morgan fingerprint density at radius 1 is 1.25 bits per heavy atom. The van der Waals surface area contributed by atoms with Crippen LogP contribution in [0, 0.1) is 5.82 Å². The summed E-state index contributed by atoms with van der Waals surface area (Å²) >= 11 is 3.23. The monoisotopic (exact) mass is 351 g/mol. The Balaban J connectivity index is 2.57. The van der Waals surface area contributed by atoms with Crippen LogP contribution in [0.15, 0.2) is 18.2 Å². The quantitative estimate of drug-likeness (QED) is 0.617. The highest BCUT2D eigenvalue weighted by Crippen LogP contribution is 2.34. The van der Waals surface area contributed by atoms with Crippen LogP contribution in [0.25, 0.3) is 11.4 Å². The molecule has 0 N–H and O–H groups in total. The van der Waals surface area contributed by atoms with Gasteiger partial charge in [-0.2, -0.15) is 13.2 Å². The van der Waals surface area contributed by atoms with Gasteiger partial charge in [-0.3, -0.25) is 0 Å². The molecule has 0 aliphatic carbocycles. The minimum atomic E-state index is -4.74. The minimum absolute atomic E-state index is 0.181. The van der Waals surface area contributed by atoms with E-state index >= 15 is 0 Å². The second kappa shape index (κ2) is 5.51. The number of alkyl halides is 4. The Bertz CT molecular complexity index is 622. The zero-order valence-corrected chi connectivity index (χ0v) is 12.0. The van der Waals surface area contributed by atoms with Crippen LogP contribution < -0.4 is 0 Å². The van der Waals surface area contributed by atoms with Gasteiger partial charge in [0.25, 0.3) is 0 Å². The average Bonchev–Trinajstić information content (AvgIpc) is 2.80. The molecular formula is C12H10BrF4N3. The first-order valence-electron chi connectivity index (χ1n) is 5.73. The smallest absolute Gasteiger partial charge is 0.311 e. The summed E-state index contributed by atoms with van der Waals surface area (Å²) in [6.45, 7) is 2.33. The molecule has 0 aliphatic heterocycles. The Kier molecular flexibility index (Phi) is 4.12. The molecule has 0 spiro atoms. The number of benzene rings is 1. The fraction of sp³-hybridized carbons (Fsp3) is 0.333. The summed E-state index contributed by atoms with van der Waals surface area (Å²) in [4.78, 5) is 0. The highest BCUT2D eigenvalue weighted by molar-refractivity contribution is 9.08. The van der Waals surface area contributed by atoms with E-state index in [1.165, 1.54) is 6.07 Å². The molecule has 0 radical (unpaired) electrons. The first-order valence-corrected chi connectivity index (χ1v) is 6.85. The molecule has 0 amide bonds. The molecule has 1 heterocycles. The molecule has 0 saturated carbocycles. The normalized spacial score (nSPS) is 11.9. The molecule has 0 atom stereocenters. The predicted octanol–water partition coefficient (Wildman–Crippen LogP) is 4.02. The third kappa shape index (κ3) is 2.70. The van der Waals surface area contributed by atoms with Crippen molar-refractivity contribution in [3.05, 3.63) is 35.4 Å². The lowest BCUT2D eigenvalue weighted by Crippen LogP contribution is -2.09. The highest BCUT2D eigenvalue weighted by atomic mass is 79.9. The molecule has 20 heavy (non-hydrogen) atoms. The van der Waals surface area contributed by atoms with E-state index in [0.717, 1.165) is 12.1 Å². The largest absolute Gasteiger partial charge is 0.419 e. The van der Waals surface area contributed by atoms with Gasteiger partial charge < -0.3 is 4.57 Å². The number of halogens is 5. The molecule has 2 rings (SSSR count). The van der Waals surface area contributed by atoms with Crippen molar-refractivity contribution >= 4 is 15.9 Å². The lowest BCUT2D eigenvalue weighted by Gasteiger charge is -2.11. The van der Waals surface area contributed by atoms with Crippen LogP contribution in [-0.4, -0.2) is 14.8 Å². The van der Waals surface area contributed by atoms with Gasteiger partial charge in [0, 0.05) is 12.1 Å². The molecule has 8 heteroatoms. The fourth-order valence-corrected chi connectivity index (χ4v) is 2.28. The van der Waals surface area contributed by atoms with Gasteiger partial charge >= 0.3 is 6.18 Å². The van der Waals surface area contributed by atoms with Crippen LogP contribution in [-0.2, 0) is 18.1 Å². The van der Waals surface area contributed by atoms with Crippen LogP contribution in [0.5, 0.6) is 0 Å².